The molecule has 4 N–H and O–H groups in total. The monoisotopic (exact) mass is 375 g/mol. The first kappa shape index (κ1) is 20.3. The second-order valence-corrected chi connectivity index (χ2v) is 7.89. The molecule has 2 atom stereocenters. The highest BCUT2D eigenvalue weighted by molar-refractivity contribution is 5.81. The first-order chi connectivity index (χ1) is 13.1. The van der Waals surface area contributed by atoms with Crippen LogP contribution in [0.15, 0.2) is 30.3 Å². The zero-order valence-electron chi connectivity index (χ0n) is 16.1. The van der Waals surface area contributed by atoms with Crippen LogP contribution in [0, 0.1) is 11.8 Å². The zero-order valence-corrected chi connectivity index (χ0v) is 16.1. The van der Waals surface area contributed by atoms with Crippen LogP contribution in [0.5, 0.6) is 0 Å². The normalized spacial score (nSPS) is 22.3. The lowest BCUT2D eigenvalue weighted by atomic mass is 9.91. The van der Waals surface area contributed by atoms with E-state index in [1.165, 1.54) is 0 Å². The van der Waals surface area contributed by atoms with Crippen molar-refractivity contribution in [1.82, 2.24) is 10.2 Å². The summed E-state index contributed by atoms with van der Waals surface area (Å²) in [5, 5.41) is 13.4. The number of aliphatic hydroxyl groups is 1. The summed E-state index contributed by atoms with van der Waals surface area (Å²) in [4.78, 5) is 14.6. The fourth-order valence-corrected chi connectivity index (χ4v) is 4.05. The van der Waals surface area contributed by atoms with Crippen LogP contribution in [0.3, 0.4) is 0 Å². The average molecular weight is 376 g/mol. The van der Waals surface area contributed by atoms with Gasteiger partial charge in [-0.2, -0.15) is 0 Å². The van der Waals surface area contributed by atoms with Gasteiger partial charge in [-0.05, 0) is 56.2 Å². The second kappa shape index (κ2) is 10.2. The Morgan fingerprint density at radius 2 is 1.85 bits per heavy atom. The van der Waals surface area contributed by atoms with E-state index in [2.05, 4.69) is 10.2 Å². The molecule has 0 aliphatic carbocycles. The SMILES string of the molecule is NC(C(=O)NCC1CCN(CC(O)c2ccccc2)CC1)C1CCOCC1. The number of benzene rings is 1. The summed E-state index contributed by atoms with van der Waals surface area (Å²) in [6.07, 6.45) is 3.37. The highest BCUT2D eigenvalue weighted by Crippen LogP contribution is 2.21. The number of ether oxygens (including phenoxy) is 1. The Morgan fingerprint density at radius 3 is 2.52 bits per heavy atom. The van der Waals surface area contributed by atoms with Crippen LogP contribution in [0.4, 0.5) is 0 Å². The van der Waals surface area contributed by atoms with Gasteiger partial charge in [0.1, 0.15) is 0 Å². The van der Waals surface area contributed by atoms with Gasteiger partial charge in [-0.15, -0.1) is 0 Å². The van der Waals surface area contributed by atoms with Gasteiger partial charge in [0.2, 0.25) is 5.91 Å². The number of hydrogen-bond acceptors (Lipinski definition) is 5. The Hall–Kier alpha value is -1.47. The fourth-order valence-electron chi connectivity index (χ4n) is 4.05. The molecule has 2 aliphatic heterocycles. The van der Waals surface area contributed by atoms with Gasteiger partial charge in [0.05, 0.1) is 12.1 Å². The molecule has 6 nitrogen and oxygen atoms in total. The van der Waals surface area contributed by atoms with Crippen LogP contribution < -0.4 is 11.1 Å². The molecule has 6 heteroatoms. The molecule has 27 heavy (non-hydrogen) atoms. The van der Waals surface area contributed by atoms with E-state index in [-0.39, 0.29) is 11.8 Å². The van der Waals surface area contributed by atoms with E-state index in [0.29, 0.717) is 32.2 Å². The summed E-state index contributed by atoms with van der Waals surface area (Å²) in [7, 11) is 0. The summed E-state index contributed by atoms with van der Waals surface area (Å²) in [5.74, 6) is 0.699. The summed E-state index contributed by atoms with van der Waals surface area (Å²) >= 11 is 0. The molecule has 0 aromatic heterocycles. The second-order valence-electron chi connectivity index (χ2n) is 7.89. The molecule has 2 aliphatic rings. The van der Waals surface area contributed by atoms with Gasteiger partial charge in [0.25, 0.3) is 0 Å². The van der Waals surface area contributed by atoms with Crippen molar-refractivity contribution < 1.29 is 14.6 Å². The Kier molecular flexibility index (Phi) is 7.64. The van der Waals surface area contributed by atoms with Crippen molar-refractivity contribution in [2.75, 3.05) is 39.4 Å². The van der Waals surface area contributed by atoms with E-state index in [1.54, 1.807) is 0 Å². The summed E-state index contributed by atoms with van der Waals surface area (Å²) < 4.78 is 5.34. The molecule has 1 aromatic rings. The third kappa shape index (κ3) is 6.01. The molecule has 0 bridgehead atoms. The predicted octanol–water partition coefficient (Wildman–Crippen LogP) is 1.30. The lowest BCUT2D eigenvalue weighted by molar-refractivity contribution is -0.124. The number of nitrogens with zero attached hydrogens (tertiary/aromatic N) is 1. The third-order valence-corrected chi connectivity index (χ3v) is 5.96. The van der Waals surface area contributed by atoms with Crippen molar-refractivity contribution in [2.45, 2.75) is 37.8 Å². The smallest absolute Gasteiger partial charge is 0.237 e. The van der Waals surface area contributed by atoms with E-state index in [1.807, 2.05) is 30.3 Å². The number of piperidine rings is 1. The minimum Gasteiger partial charge on any atom is -0.387 e. The number of likely N-dealkylation sites (tertiary alicyclic amines) is 1. The minimum absolute atomic E-state index is 0.0242. The van der Waals surface area contributed by atoms with Gasteiger partial charge in [-0.25, -0.2) is 0 Å². The summed E-state index contributed by atoms with van der Waals surface area (Å²) in [6, 6.07) is 9.39. The van der Waals surface area contributed by atoms with Crippen molar-refractivity contribution in [1.29, 1.82) is 0 Å². The van der Waals surface area contributed by atoms with Crippen LogP contribution in [0.2, 0.25) is 0 Å². The van der Waals surface area contributed by atoms with Crippen LogP contribution >= 0.6 is 0 Å². The number of nitrogens with one attached hydrogen (secondary N) is 1. The maximum absolute atomic E-state index is 12.3. The number of hydrogen-bond donors (Lipinski definition) is 3. The van der Waals surface area contributed by atoms with Crippen LogP contribution in [-0.2, 0) is 9.53 Å². The number of β-amino-alcohol motifs (C(OH)–C–C–N with tert-alkyl or cyclic N) is 1. The predicted molar refractivity (Wildman–Crippen MR) is 105 cm³/mol. The highest BCUT2D eigenvalue weighted by atomic mass is 16.5. The topological polar surface area (TPSA) is 87.8 Å². The third-order valence-electron chi connectivity index (χ3n) is 5.96. The number of carbonyl (C=O) groups is 1. The van der Waals surface area contributed by atoms with Gasteiger partial charge in [0.15, 0.2) is 0 Å². The molecule has 0 spiro atoms. The molecule has 1 amide bonds. The maximum Gasteiger partial charge on any atom is 0.237 e. The number of nitrogens with two attached hydrogens (primary N) is 1. The van der Waals surface area contributed by atoms with Crippen molar-refractivity contribution in [3.63, 3.8) is 0 Å². The Bertz CT molecular complexity index is 569. The lowest BCUT2D eigenvalue weighted by Crippen LogP contribution is -2.49. The van der Waals surface area contributed by atoms with Gasteiger partial charge >= 0.3 is 0 Å². The standard InChI is InChI=1S/C21H33N3O3/c22-20(18-8-12-27-13-9-18)21(26)23-14-16-6-10-24(11-7-16)15-19(25)17-4-2-1-3-5-17/h1-5,16,18-20,25H,6-15,22H2,(H,23,26). The van der Waals surface area contributed by atoms with Crippen LogP contribution in [0.25, 0.3) is 0 Å². The lowest BCUT2D eigenvalue weighted by Gasteiger charge is -2.33. The molecule has 1 aromatic carbocycles. The minimum atomic E-state index is -0.445. The largest absolute Gasteiger partial charge is 0.387 e. The molecule has 0 radical (unpaired) electrons. The van der Waals surface area contributed by atoms with Crippen molar-refractivity contribution >= 4 is 5.91 Å². The summed E-state index contributed by atoms with van der Waals surface area (Å²) in [5.41, 5.74) is 7.10. The molecule has 2 saturated heterocycles. The molecule has 0 saturated carbocycles. The number of carbonyl (C=O) groups excluding carboxylic acids is 1. The van der Waals surface area contributed by atoms with Gasteiger partial charge < -0.3 is 25.8 Å². The Labute approximate surface area is 162 Å². The molecular formula is C21H33N3O3. The Morgan fingerprint density at radius 1 is 1.19 bits per heavy atom. The summed E-state index contributed by atoms with van der Waals surface area (Å²) in [6.45, 7) is 4.69. The van der Waals surface area contributed by atoms with E-state index in [4.69, 9.17) is 10.5 Å². The van der Waals surface area contributed by atoms with Crippen molar-refractivity contribution in [3.05, 3.63) is 35.9 Å². The first-order valence-electron chi connectivity index (χ1n) is 10.2. The van der Waals surface area contributed by atoms with Crippen molar-refractivity contribution in [2.24, 2.45) is 17.6 Å². The van der Waals surface area contributed by atoms with Crippen LogP contribution in [0.1, 0.15) is 37.4 Å². The van der Waals surface area contributed by atoms with E-state index < -0.39 is 12.1 Å². The molecular weight excluding hydrogens is 342 g/mol. The van der Waals surface area contributed by atoms with E-state index >= 15 is 0 Å². The van der Waals surface area contributed by atoms with Gasteiger partial charge in [-0.3, -0.25) is 4.79 Å². The molecule has 2 fully saturated rings. The molecule has 3 rings (SSSR count). The molecule has 2 heterocycles. The van der Waals surface area contributed by atoms with Gasteiger partial charge in [-0.1, -0.05) is 30.3 Å². The van der Waals surface area contributed by atoms with E-state index in [9.17, 15) is 9.90 Å². The van der Waals surface area contributed by atoms with Crippen molar-refractivity contribution in [3.8, 4) is 0 Å². The quantitative estimate of drug-likeness (QED) is 0.669. The van der Waals surface area contributed by atoms with E-state index in [0.717, 1.165) is 44.3 Å². The van der Waals surface area contributed by atoms with Gasteiger partial charge in [0, 0.05) is 26.3 Å². The molecule has 150 valence electrons. The zero-order chi connectivity index (χ0) is 19.1. The number of amides is 1. The highest BCUT2D eigenvalue weighted by Gasteiger charge is 2.27. The maximum atomic E-state index is 12.3. The number of aliphatic hydroxyl groups excluding tert-OH is 1. The average Bonchev–Trinajstić information content (AvgIpc) is 2.73. The Balaban J connectivity index is 1.35. The number of rotatable bonds is 7. The molecule has 2 unspecified atom stereocenters. The van der Waals surface area contributed by atoms with Crippen LogP contribution in [-0.4, -0.2) is 61.3 Å². The first-order valence-corrected chi connectivity index (χ1v) is 10.2. The fraction of sp³-hybridized carbons (Fsp3) is 0.667.